The summed E-state index contributed by atoms with van der Waals surface area (Å²) in [7, 11) is 0. The predicted octanol–water partition coefficient (Wildman–Crippen LogP) is 3.35. The van der Waals surface area contributed by atoms with E-state index in [1.54, 1.807) is 0 Å². The van der Waals surface area contributed by atoms with Crippen LogP contribution < -0.4 is 0 Å². The molecule has 0 amide bonds. The fraction of sp³-hybridized carbons (Fsp3) is 1.00. The first kappa shape index (κ1) is 16.3. The Morgan fingerprint density at radius 2 is 1.60 bits per heavy atom. The fourth-order valence-corrected chi connectivity index (χ4v) is 4.10. The number of aliphatic hydroxyl groups is 1. The van der Waals surface area contributed by atoms with E-state index in [1.165, 1.54) is 44.9 Å². The van der Waals surface area contributed by atoms with Crippen LogP contribution in [-0.2, 0) is 4.74 Å². The smallest absolute Gasteiger partial charge is 0.0900 e. The SMILES string of the molecule is CC1(C)CCCC(C)(C)N1CC(O)COC1CCCC1. The maximum absolute atomic E-state index is 10.4. The highest BCUT2D eigenvalue weighted by atomic mass is 16.5. The van der Waals surface area contributed by atoms with E-state index in [1.807, 2.05) is 0 Å². The Morgan fingerprint density at radius 1 is 1.05 bits per heavy atom. The minimum Gasteiger partial charge on any atom is -0.389 e. The minimum atomic E-state index is -0.368. The van der Waals surface area contributed by atoms with Crippen LogP contribution in [0.15, 0.2) is 0 Å². The highest BCUT2D eigenvalue weighted by molar-refractivity contribution is 4.97. The third-order valence-electron chi connectivity index (χ3n) is 5.26. The maximum Gasteiger partial charge on any atom is 0.0900 e. The summed E-state index contributed by atoms with van der Waals surface area (Å²) in [6.45, 7) is 10.4. The van der Waals surface area contributed by atoms with Crippen LogP contribution >= 0.6 is 0 Å². The quantitative estimate of drug-likeness (QED) is 0.840. The number of hydrogen-bond donors (Lipinski definition) is 1. The van der Waals surface area contributed by atoms with E-state index in [-0.39, 0.29) is 17.2 Å². The van der Waals surface area contributed by atoms with Crippen LogP contribution in [0.25, 0.3) is 0 Å². The van der Waals surface area contributed by atoms with Crippen LogP contribution in [0.2, 0.25) is 0 Å². The van der Waals surface area contributed by atoms with Gasteiger partial charge in [-0.2, -0.15) is 0 Å². The number of nitrogens with zero attached hydrogens (tertiary/aromatic N) is 1. The van der Waals surface area contributed by atoms with Gasteiger partial charge in [-0.25, -0.2) is 0 Å². The van der Waals surface area contributed by atoms with Crippen molar-refractivity contribution in [2.24, 2.45) is 0 Å². The monoisotopic (exact) mass is 283 g/mol. The zero-order valence-electron chi connectivity index (χ0n) is 13.8. The van der Waals surface area contributed by atoms with E-state index >= 15 is 0 Å². The van der Waals surface area contributed by atoms with Crippen LogP contribution in [0.1, 0.15) is 72.6 Å². The molecule has 0 radical (unpaired) electrons. The van der Waals surface area contributed by atoms with Gasteiger partial charge in [0.2, 0.25) is 0 Å². The average Bonchev–Trinajstić information content (AvgIpc) is 2.84. The number of likely N-dealkylation sites (tertiary alicyclic amines) is 1. The molecule has 1 atom stereocenters. The van der Waals surface area contributed by atoms with Gasteiger partial charge in [0.25, 0.3) is 0 Å². The molecule has 1 heterocycles. The zero-order chi connectivity index (χ0) is 14.8. The average molecular weight is 283 g/mol. The fourth-order valence-electron chi connectivity index (χ4n) is 4.10. The topological polar surface area (TPSA) is 32.7 Å². The Hall–Kier alpha value is -0.120. The number of ether oxygens (including phenoxy) is 1. The molecule has 1 unspecified atom stereocenters. The van der Waals surface area contributed by atoms with Gasteiger partial charge in [-0.1, -0.05) is 12.8 Å². The van der Waals surface area contributed by atoms with E-state index in [9.17, 15) is 5.11 Å². The Labute approximate surface area is 124 Å². The summed E-state index contributed by atoms with van der Waals surface area (Å²) >= 11 is 0. The summed E-state index contributed by atoms with van der Waals surface area (Å²) in [5.74, 6) is 0. The molecule has 2 aliphatic rings. The van der Waals surface area contributed by atoms with E-state index in [2.05, 4.69) is 32.6 Å². The summed E-state index contributed by atoms with van der Waals surface area (Å²) in [5, 5.41) is 10.4. The molecule has 0 aromatic carbocycles. The van der Waals surface area contributed by atoms with Crippen LogP contribution in [0.3, 0.4) is 0 Å². The standard InChI is InChI=1S/C17H33NO2/c1-16(2)10-7-11-17(3,4)18(16)12-14(19)13-20-15-8-5-6-9-15/h14-15,19H,5-13H2,1-4H3. The van der Waals surface area contributed by atoms with Crippen molar-refractivity contribution in [3.8, 4) is 0 Å². The first-order chi connectivity index (χ1) is 9.31. The van der Waals surface area contributed by atoms with Gasteiger partial charge in [0.05, 0.1) is 18.8 Å². The molecule has 0 spiro atoms. The van der Waals surface area contributed by atoms with Crippen molar-refractivity contribution in [1.29, 1.82) is 0 Å². The van der Waals surface area contributed by atoms with Gasteiger partial charge in [0.15, 0.2) is 0 Å². The molecule has 2 rings (SSSR count). The number of hydrogen-bond acceptors (Lipinski definition) is 3. The molecule has 1 aliphatic carbocycles. The second-order valence-electron chi connectivity index (χ2n) is 7.98. The third kappa shape index (κ3) is 3.96. The molecule has 1 aliphatic heterocycles. The molecule has 2 fully saturated rings. The lowest BCUT2D eigenvalue weighted by Gasteiger charge is -2.53. The lowest BCUT2D eigenvalue weighted by molar-refractivity contribution is -0.0780. The van der Waals surface area contributed by atoms with E-state index < -0.39 is 0 Å². The van der Waals surface area contributed by atoms with Crippen molar-refractivity contribution < 1.29 is 9.84 Å². The first-order valence-corrected chi connectivity index (χ1v) is 8.39. The molecule has 1 N–H and O–H groups in total. The van der Waals surface area contributed by atoms with E-state index in [4.69, 9.17) is 4.74 Å². The van der Waals surface area contributed by atoms with Gasteiger partial charge in [-0.15, -0.1) is 0 Å². The van der Waals surface area contributed by atoms with Crippen LogP contribution in [0, 0.1) is 0 Å². The molecular formula is C17H33NO2. The van der Waals surface area contributed by atoms with Gasteiger partial charge in [0, 0.05) is 17.6 Å². The van der Waals surface area contributed by atoms with E-state index in [0.717, 1.165) is 6.54 Å². The van der Waals surface area contributed by atoms with Crippen molar-refractivity contribution in [2.75, 3.05) is 13.2 Å². The molecule has 3 heteroatoms. The second-order valence-corrected chi connectivity index (χ2v) is 7.98. The highest BCUT2D eigenvalue weighted by Crippen LogP contribution is 2.38. The van der Waals surface area contributed by atoms with Crippen molar-refractivity contribution in [3.63, 3.8) is 0 Å². The lowest BCUT2D eigenvalue weighted by Crippen LogP contribution is -2.60. The summed E-state index contributed by atoms with van der Waals surface area (Å²) in [6, 6.07) is 0. The zero-order valence-corrected chi connectivity index (χ0v) is 13.8. The van der Waals surface area contributed by atoms with Crippen LogP contribution in [0.4, 0.5) is 0 Å². The molecule has 0 aromatic heterocycles. The number of aliphatic hydroxyl groups excluding tert-OH is 1. The van der Waals surface area contributed by atoms with Gasteiger partial charge in [-0.05, 0) is 59.8 Å². The van der Waals surface area contributed by atoms with E-state index in [0.29, 0.717) is 12.7 Å². The number of β-amino-alcohol motifs (C(OH)–C–C–N with tert-alkyl or cyclic N) is 1. The predicted molar refractivity (Wildman–Crippen MR) is 82.9 cm³/mol. The molecule has 1 saturated carbocycles. The first-order valence-electron chi connectivity index (χ1n) is 8.39. The van der Waals surface area contributed by atoms with Crippen LogP contribution in [0.5, 0.6) is 0 Å². The molecule has 1 saturated heterocycles. The summed E-state index contributed by atoms with van der Waals surface area (Å²) in [6.07, 6.45) is 8.66. The van der Waals surface area contributed by atoms with Gasteiger partial charge >= 0.3 is 0 Å². The molecule has 118 valence electrons. The molecule has 0 bridgehead atoms. The molecule has 0 aromatic rings. The Bertz CT molecular complexity index is 292. The molecule has 3 nitrogen and oxygen atoms in total. The maximum atomic E-state index is 10.4. The van der Waals surface area contributed by atoms with Gasteiger partial charge in [-0.3, -0.25) is 4.90 Å². The summed E-state index contributed by atoms with van der Waals surface area (Å²) in [4.78, 5) is 2.49. The van der Waals surface area contributed by atoms with Gasteiger partial charge in [0.1, 0.15) is 0 Å². The summed E-state index contributed by atoms with van der Waals surface area (Å²) < 4.78 is 5.87. The van der Waals surface area contributed by atoms with Crippen molar-refractivity contribution in [2.45, 2.75) is 95.9 Å². The largest absolute Gasteiger partial charge is 0.389 e. The summed E-state index contributed by atoms with van der Waals surface area (Å²) in [5.41, 5.74) is 0.353. The van der Waals surface area contributed by atoms with Crippen molar-refractivity contribution >= 4 is 0 Å². The minimum absolute atomic E-state index is 0.177. The second kappa shape index (κ2) is 6.33. The van der Waals surface area contributed by atoms with Crippen molar-refractivity contribution in [1.82, 2.24) is 4.90 Å². The molecular weight excluding hydrogens is 250 g/mol. The lowest BCUT2D eigenvalue weighted by atomic mass is 9.79. The highest BCUT2D eigenvalue weighted by Gasteiger charge is 2.41. The van der Waals surface area contributed by atoms with Gasteiger partial charge < -0.3 is 9.84 Å². The van der Waals surface area contributed by atoms with Crippen molar-refractivity contribution in [3.05, 3.63) is 0 Å². The normalized spacial score (nSPS) is 28.6. The number of rotatable bonds is 5. The number of piperidine rings is 1. The van der Waals surface area contributed by atoms with Crippen LogP contribution in [-0.4, -0.2) is 46.4 Å². The Kier molecular flexibility index (Phi) is 5.14. The Morgan fingerprint density at radius 3 is 2.15 bits per heavy atom. The molecule has 20 heavy (non-hydrogen) atoms. The Balaban J connectivity index is 1.85. The third-order valence-corrected chi connectivity index (χ3v) is 5.26.